The molecule has 0 bridgehead atoms. The number of hydrogen-bond donors (Lipinski definition) is 0. The number of methoxy groups -OCH3 is 1. The van der Waals surface area contributed by atoms with E-state index in [0.29, 0.717) is 32.0 Å². The second-order valence-corrected chi connectivity index (χ2v) is 8.35. The summed E-state index contributed by atoms with van der Waals surface area (Å²) in [7, 11) is 1.73. The van der Waals surface area contributed by atoms with Crippen LogP contribution in [-0.2, 0) is 23.8 Å². The van der Waals surface area contributed by atoms with E-state index in [1.54, 1.807) is 7.11 Å². The number of ether oxygens (including phenoxy) is 3. The first-order valence-corrected chi connectivity index (χ1v) is 12.4. The van der Waals surface area contributed by atoms with Crippen LogP contribution in [0.1, 0.15) is 117 Å². The molecule has 0 aromatic carbocycles. The van der Waals surface area contributed by atoms with E-state index in [-0.39, 0.29) is 18.4 Å². The Labute approximate surface area is 185 Å². The molecule has 0 rings (SSSR count). The van der Waals surface area contributed by atoms with Crippen molar-refractivity contribution in [3.8, 4) is 0 Å². The molecule has 0 saturated heterocycles. The lowest BCUT2D eigenvalue weighted by molar-refractivity contribution is -0.145. The Morgan fingerprint density at radius 1 is 0.600 bits per heavy atom. The van der Waals surface area contributed by atoms with Gasteiger partial charge in [0.2, 0.25) is 0 Å². The summed E-state index contributed by atoms with van der Waals surface area (Å²) in [5.41, 5.74) is 0. The minimum atomic E-state index is -0.213. The van der Waals surface area contributed by atoms with Gasteiger partial charge in [-0.2, -0.15) is 0 Å². The molecule has 0 aliphatic heterocycles. The Morgan fingerprint density at radius 3 is 1.77 bits per heavy atom. The monoisotopic (exact) mass is 428 g/mol. The van der Waals surface area contributed by atoms with Gasteiger partial charge in [-0.05, 0) is 31.6 Å². The van der Waals surface area contributed by atoms with Gasteiger partial charge in [-0.25, -0.2) is 0 Å². The molecule has 5 heteroatoms. The molecular weight excluding hydrogens is 380 g/mol. The van der Waals surface area contributed by atoms with Crippen LogP contribution in [0.5, 0.6) is 0 Å². The molecule has 5 nitrogen and oxygen atoms in total. The van der Waals surface area contributed by atoms with Crippen molar-refractivity contribution in [1.29, 1.82) is 0 Å². The molecule has 0 aromatic rings. The Kier molecular flexibility index (Phi) is 21.8. The molecule has 0 aromatic heterocycles. The summed E-state index contributed by atoms with van der Waals surface area (Å²) in [6.45, 7) is 6.14. The Bertz CT molecular complexity index is 397. The van der Waals surface area contributed by atoms with Gasteiger partial charge in [0.05, 0.1) is 13.2 Å². The highest BCUT2D eigenvalue weighted by atomic mass is 16.5. The first-order chi connectivity index (χ1) is 14.6. The maximum Gasteiger partial charge on any atom is 0.305 e. The van der Waals surface area contributed by atoms with E-state index in [4.69, 9.17) is 14.2 Å². The van der Waals surface area contributed by atoms with Gasteiger partial charge in [0.25, 0.3) is 0 Å². The summed E-state index contributed by atoms with van der Waals surface area (Å²) in [5.74, 6) is 0.129. The third-order valence-corrected chi connectivity index (χ3v) is 5.51. The van der Waals surface area contributed by atoms with Crippen LogP contribution in [0.3, 0.4) is 0 Å². The number of unbranched alkanes of at least 4 members (excludes halogenated alkanes) is 8. The first kappa shape index (κ1) is 28.9. The van der Waals surface area contributed by atoms with Gasteiger partial charge in [-0.1, -0.05) is 78.1 Å². The van der Waals surface area contributed by atoms with E-state index in [1.165, 1.54) is 57.8 Å². The fraction of sp³-hybridized carbons (Fsp3) is 0.920. The van der Waals surface area contributed by atoms with Crippen molar-refractivity contribution in [2.24, 2.45) is 5.92 Å². The molecule has 0 spiro atoms. The van der Waals surface area contributed by atoms with E-state index < -0.39 is 0 Å². The average molecular weight is 429 g/mol. The second-order valence-electron chi connectivity index (χ2n) is 8.35. The largest absolute Gasteiger partial charge is 0.466 e. The number of hydrogen-bond acceptors (Lipinski definition) is 5. The van der Waals surface area contributed by atoms with Crippen LogP contribution in [0.2, 0.25) is 0 Å². The molecule has 178 valence electrons. The third kappa shape index (κ3) is 20.2. The Morgan fingerprint density at radius 2 is 1.13 bits per heavy atom. The lowest BCUT2D eigenvalue weighted by Gasteiger charge is -2.16. The zero-order valence-electron chi connectivity index (χ0n) is 20.1. The Hall–Kier alpha value is -1.10. The lowest BCUT2D eigenvalue weighted by atomic mass is 9.95. The molecule has 0 radical (unpaired) electrons. The van der Waals surface area contributed by atoms with Gasteiger partial charge < -0.3 is 14.2 Å². The smallest absolute Gasteiger partial charge is 0.305 e. The van der Waals surface area contributed by atoms with Crippen LogP contribution in [0, 0.1) is 5.92 Å². The molecule has 0 N–H and O–H groups in total. The minimum absolute atomic E-state index is 0.205. The van der Waals surface area contributed by atoms with E-state index in [9.17, 15) is 9.59 Å². The van der Waals surface area contributed by atoms with Crippen LogP contribution >= 0.6 is 0 Å². The maximum absolute atomic E-state index is 11.9. The van der Waals surface area contributed by atoms with Crippen LogP contribution in [0.4, 0.5) is 0 Å². The fourth-order valence-electron chi connectivity index (χ4n) is 3.51. The highest BCUT2D eigenvalue weighted by Crippen LogP contribution is 2.18. The maximum atomic E-state index is 11.9. The van der Waals surface area contributed by atoms with E-state index in [0.717, 1.165) is 32.3 Å². The van der Waals surface area contributed by atoms with Crippen LogP contribution in [0.25, 0.3) is 0 Å². The third-order valence-electron chi connectivity index (χ3n) is 5.51. The zero-order chi connectivity index (χ0) is 22.3. The molecular formula is C25H48O5. The predicted molar refractivity (Wildman–Crippen MR) is 123 cm³/mol. The first-order valence-electron chi connectivity index (χ1n) is 12.4. The number of rotatable bonds is 22. The second kappa shape index (κ2) is 22.6. The summed E-state index contributed by atoms with van der Waals surface area (Å²) in [6.07, 6.45) is 16.2. The van der Waals surface area contributed by atoms with Crippen molar-refractivity contribution in [1.82, 2.24) is 0 Å². The molecule has 0 saturated carbocycles. The number of carbonyl (C=O) groups is 2. The van der Waals surface area contributed by atoms with Gasteiger partial charge in [0.1, 0.15) is 0 Å². The molecule has 0 amide bonds. The van der Waals surface area contributed by atoms with Gasteiger partial charge in [0, 0.05) is 26.6 Å². The topological polar surface area (TPSA) is 61.8 Å². The van der Waals surface area contributed by atoms with Crippen molar-refractivity contribution < 1.29 is 23.8 Å². The number of esters is 2. The summed E-state index contributed by atoms with van der Waals surface area (Å²) < 4.78 is 15.8. The predicted octanol–water partition coefficient (Wildman–Crippen LogP) is 6.62. The summed E-state index contributed by atoms with van der Waals surface area (Å²) in [5, 5.41) is 0. The Balaban J connectivity index is 3.71. The van der Waals surface area contributed by atoms with Crippen LogP contribution < -0.4 is 0 Å². The normalized spacial score (nSPS) is 12.0. The van der Waals surface area contributed by atoms with Crippen molar-refractivity contribution in [2.75, 3.05) is 26.9 Å². The highest BCUT2D eigenvalue weighted by molar-refractivity contribution is 5.72. The van der Waals surface area contributed by atoms with Gasteiger partial charge in [-0.15, -0.1) is 0 Å². The van der Waals surface area contributed by atoms with E-state index >= 15 is 0 Å². The van der Waals surface area contributed by atoms with Crippen LogP contribution in [-0.4, -0.2) is 38.9 Å². The quantitative estimate of drug-likeness (QED) is 0.143. The molecule has 0 fully saturated rings. The summed E-state index contributed by atoms with van der Waals surface area (Å²) in [4.78, 5) is 23.6. The van der Waals surface area contributed by atoms with Gasteiger partial charge in [0.15, 0.2) is 0 Å². The molecule has 0 aliphatic rings. The minimum Gasteiger partial charge on any atom is -0.466 e. The summed E-state index contributed by atoms with van der Waals surface area (Å²) in [6, 6.07) is 0. The van der Waals surface area contributed by atoms with Crippen molar-refractivity contribution >= 4 is 11.9 Å². The molecule has 1 unspecified atom stereocenters. The average Bonchev–Trinajstić information content (AvgIpc) is 2.73. The number of carbonyl (C=O) groups excluding carboxylic acids is 2. The van der Waals surface area contributed by atoms with Crippen molar-refractivity contribution in [3.63, 3.8) is 0 Å². The van der Waals surface area contributed by atoms with Crippen LogP contribution in [0.15, 0.2) is 0 Å². The van der Waals surface area contributed by atoms with Crippen molar-refractivity contribution in [2.45, 2.75) is 117 Å². The van der Waals surface area contributed by atoms with Gasteiger partial charge >= 0.3 is 11.9 Å². The molecule has 0 aliphatic carbocycles. The fourth-order valence-corrected chi connectivity index (χ4v) is 3.51. The zero-order valence-corrected chi connectivity index (χ0v) is 20.1. The van der Waals surface area contributed by atoms with Crippen molar-refractivity contribution in [3.05, 3.63) is 0 Å². The highest BCUT2D eigenvalue weighted by Gasteiger charge is 2.11. The standard InChI is InChI=1S/C25H48O5/c1-4-6-8-10-11-13-20-29-24(26)16-14-17-25(27)30-22-19-23(18-21-28-3)15-12-9-7-5-2/h23H,4-22H2,1-3H3. The molecule has 1 atom stereocenters. The van der Waals surface area contributed by atoms with E-state index in [1.807, 2.05) is 0 Å². The SMILES string of the molecule is CCCCCCCCOC(=O)CCCC(=O)OCCC(CCCCCC)CCOC. The summed E-state index contributed by atoms with van der Waals surface area (Å²) >= 11 is 0. The van der Waals surface area contributed by atoms with E-state index in [2.05, 4.69) is 13.8 Å². The van der Waals surface area contributed by atoms with Gasteiger partial charge in [-0.3, -0.25) is 9.59 Å². The molecule has 30 heavy (non-hydrogen) atoms. The molecule has 0 heterocycles. The lowest BCUT2D eigenvalue weighted by Crippen LogP contribution is -2.12.